The Balaban J connectivity index is 0.000000326. The van der Waals surface area contributed by atoms with Crippen molar-refractivity contribution in [2.45, 2.75) is 66.7 Å². The van der Waals surface area contributed by atoms with E-state index in [-0.39, 0.29) is 5.78 Å². The van der Waals surface area contributed by atoms with Crippen LogP contribution < -0.4 is 5.73 Å². The maximum absolute atomic E-state index is 11.5. The number of aromatic hydroxyl groups is 1. The van der Waals surface area contributed by atoms with Crippen molar-refractivity contribution >= 4 is 17.2 Å². The topological polar surface area (TPSA) is 75.7 Å². The summed E-state index contributed by atoms with van der Waals surface area (Å²) in [6, 6.07) is 9.33. The number of phenols is 1. The van der Waals surface area contributed by atoms with Crippen molar-refractivity contribution in [3.05, 3.63) is 58.1 Å². The predicted octanol–water partition coefficient (Wildman–Crippen LogP) is 5.91. The molecule has 29 heavy (non-hydrogen) atoms. The Morgan fingerprint density at radius 3 is 2.21 bits per heavy atom. The lowest BCUT2D eigenvalue weighted by Gasteiger charge is -2.12. The van der Waals surface area contributed by atoms with E-state index in [1.54, 1.807) is 20.0 Å². The molecule has 2 aromatic carbocycles. The summed E-state index contributed by atoms with van der Waals surface area (Å²) in [5.41, 5.74) is 12.8. The van der Waals surface area contributed by atoms with Crippen molar-refractivity contribution in [3.63, 3.8) is 0 Å². The third-order valence-electron chi connectivity index (χ3n) is 5.08. The number of phenolic OH excluding ortho intramolecular Hbond substituents is 1. The van der Waals surface area contributed by atoms with Crippen LogP contribution in [0.4, 0.5) is 5.69 Å². The average molecular weight is 397 g/mol. The van der Waals surface area contributed by atoms with Crippen LogP contribution in [-0.4, -0.2) is 23.6 Å². The maximum Gasteiger partial charge on any atom is 0.161 e. The first kappa shape index (κ1) is 24.4. The minimum atomic E-state index is -0.000283. The number of anilines is 1. The molecule has 0 unspecified atom stereocenters. The summed E-state index contributed by atoms with van der Waals surface area (Å²) in [7, 11) is 1.80. The molecule has 0 saturated heterocycles. The summed E-state index contributed by atoms with van der Waals surface area (Å²) in [6.45, 7) is 9.94. The molecule has 0 saturated carbocycles. The number of carbonyl (C=O) groups excluding carboxylic acids is 1. The molecule has 2 rings (SSSR count). The van der Waals surface area contributed by atoms with E-state index in [4.69, 9.17) is 10.8 Å². The summed E-state index contributed by atoms with van der Waals surface area (Å²) < 4.78 is 0. The number of nitrogen functional groups attached to an aromatic ring is 1. The minimum absolute atomic E-state index is 0.000283. The lowest BCUT2D eigenvalue weighted by atomic mass is 9.95. The van der Waals surface area contributed by atoms with Gasteiger partial charge in [-0.25, -0.2) is 0 Å². The number of rotatable bonds is 7. The molecule has 0 fully saturated rings. The van der Waals surface area contributed by atoms with Crippen molar-refractivity contribution in [2.24, 2.45) is 4.99 Å². The Hall–Kier alpha value is -2.62. The number of Topliss-reactive ketones (excluding diaryl/α,β-unsaturated/α-hetero) is 1. The van der Waals surface area contributed by atoms with Crippen LogP contribution in [-0.2, 0) is 12.8 Å². The molecule has 0 heterocycles. The SMILES string of the molecule is CCCCC(=NC)c1cc(C(C)=O)c(N)cc1C.CCc1ccc(O)cc1CC. The average Bonchev–Trinajstić information content (AvgIpc) is 2.69. The van der Waals surface area contributed by atoms with E-state index in [1.807, 2.05) is 31.2 Å². The lowest BCUT2D eigenvalue weighted by molar-refractivity contribution is 0.101. The fraction of sp³-hybridized carbons (Fsp3) is 0.440. The summed E-state index contributed by atoms with van der Waals surface area (Å²) >= 11 is 0. The van der Waals surface area contributed by atoms with Gasteiger partial charge in [0.1, 0.15) is 5.75 Å². The van der Waals surface area contributed by atoms with Crippen LogP contribution in [0, 0.1) is 6.92 Å². The first-order chi connectivity index (χ1) is 13.8. The molecule has 0 aliphatic carbocycles. The zero-order valence-corrected chi connectivity index (χ0v) is 18.8. The molecule has 0 aliphatic heterocycles. The normalized spacial score (nSPS) is 11.0. The van der Waals surface area contributed by atoms with Crippen molar-refractivity contribution < 1.29 is 9.90 Å². The van der Waals surface area contributed by atoms with Gasteiger partial charge in [-0.1, -0.05) is 33.3 Å². The summed E-state index contributed by atoms with van der Waals surface area (Å²) in [4.78, 5) is 15.9. The number of carbonyl (C=O) groups is 1. The molecular formula is C25H36N2O2. The van der Waals surface area contributed by atoms with Crippen LogP contribution in [0.25, 0.3) is 0 Å². The van der Waals surface area contributed by atoms with Gasteiger partial charge in [0.15, 0.2) is 5.78 Å². The molecule has 0 radical (unpaired) electrons. The highest BCUT2D eigenvalue weighted by Gasteiger charge is 2.12. The molecule has 3 N–H and O–H groups in total. The maximum atomic E-state index is 11.5. The molecule has 4 heteroatoms. The Morgan fingerprint density at radius 2 is 1.69 bits per heavy atom. The second-order valence-electron chi connectivity index (χ2n) is 7.24. The third-order valence-corrected chi connectivity index (χ3v) is 5.08. The number of hydrogen-bond acceptors (Lipinski definition) is 4. The van der Waals surface area contributed by atoms with E-state index in [2.05, 4.69) is 25.8 Å². The van der Waals surface area contributed by atoms with Crippen molar-refractivity contribution in [1.29, 1.82) is 0 Å². The summed E-state index contributed by atoms with van der Waals surface area (Å²) in [5, 5.41) is 9.16. The molecule has 0 aromatic heterocycles. The van der Waals surface area contributed by atoms with Crippen LogP contribution >= 0.6 is 0 Å². The van der Waals surface area contributed by atoms with Gasteiger partial charge in [0, 0.05) is 24.0 Å². The Kier molecular flexibility index (Phi) is 10.1. The smallest absolute Gasteiger partial charge is 0.161 e. The van der Waals surface area contributed by atoms with Crippen molar-refractivity contribution in [1.82, 2.24) is 0 Å². The largest absolute Gasteiger partial charge is 0.508 e. The van der Waals surface area contributed by atoms with Gasteiger partial charge in [0.05, 0.1) is 0 Å². The second kappa shape index (κ2) is 12.1. The number of ketones is 1. The molecular weight excluding hydrogens is 360 g/mol. The molecule has 158 valence electrons. The van der Waals surface area contributed by atoms with E-state index in [1.165, 1.54) is 11.1 Å². The van der Waals surface area contributed by atoms with Gasteiger partial charge in [-0.05, 0) is 86.1 Å². The number of hydrogen-bond donors (Lipinski definition) is 2. The lowest BCUT2D eigenvalue weighted by Crippen LogP contribution is -2.08. The summed E-state index contributed by atoms with van der Waals surface area (Å²) in [5.74, 6) is 0.374. The highest BCUT2D eigenvalue weighted by atomic mass is 16.3. The quantitative estimate of drug-likeness (QED) is 0.347. The van der Waals surface area contributed by atoms with E-state index < -0.39 is 0 Å². The minimum Gasteiger partial charge on any atom is -0.508 e. The van der Waals surface area contributed by atoms with E-state index in [9.17, 15) is 4.79 Å². The van der Waals surface area contributed by atoms with E-state index in [0.29, 0.717) is 17.0 Å². The molecule has 2 aromatic rings. The van der Waals surface area contributed by atoms with Gasteiger partial charge in [0.25, 0.3) is 0 Å². The van der Waals surface area contributed by atoms with Crippen LogP contribution in [0.5, 0.6) is 5.75 Å². The van der Waals surface area contributed by atoms with Gasteiger partial charge in [-0.15, -0.1) is 0 Å². The Labute approximate surface area is 175 Å². The Morgan fingerprint density at radius 1 is 1.03 bits per heavy atom. The third kappa shape index (κ3) is 7.04. The fourth-order valence-corrected chi connectivity index (χ4v) is 3.34. The second-order valence-corrected chi connectivity index (χ2v) is 7.24. The zero-order chi connectivity index (χ0) is 22.0. The number of aliphatic imine (C=N–C) groups is 1. The Bertz CT molecular complexity index is 854. The first-order valence-corrected chi connectivity index (χ1v) is 10.5. The fourth-order valence-electron chi connectivity index (χ4n) is 3.34. The molecule has 0 aliphatic rings. The molecule has 0 spiro atoms. The van der Waals surface area contributed by atoms with Gasteiger partial charge in [0.2, 0.25) is 0 Å². The van der Waals surface area contributed by atoms with E-state index >= 15 is 0 Å². The van der Waals surface area contributed by atoms with Gasteiger partial charge >= 0.3 is 0 Å². The van der Waals surface area contributed by atoms with Gasteiger partial charge in [-0.3, -0.25) is 9.79 Å². The first-order valence-electron chi connectivity index (χ1n) is 10.5. The number of benzene rings is 2. The van der Waals surface area contributed by atoms with Crippen LogP contribution in [0.3, 0.4) is 0 Å². The molecule has 0 atom stereocenters. The molecule has 0 amide bonds. The zero-order valence-electron chi connectivity index (χ0n) is 18.8. The van der Waals surface area contributed by atoms with Crippen LogP contribution in [0.2, 0.25) is 0 Å². The van der Waals surface area contributed by atoms with Crippen molar-refractivity contribution in [3.8, 4) is 5.75 Å². The van der Waals surface area contributed by atoms with Gasteiger partial charge in [-0.2, -0.15) is 0 Å². The monoisotopic (exact) mass is 396 g/mol. The molecule has 4 nitrogen and oxygen atoms in total. The van der Waals surface area contributed by atoms with Crippen LogP contribution in [0.1, 0.15) is 79.6 Å². The van der Waals surface area contributed by atoms with Crippen molar-refractivity contribution in [2.75, 3.05) is 12.8 Å². The highest BCUT2D eigenvalue weighted by Crippen LogP contribution is 2.22. The van der Waals surface area contributed by atoms with E-state index in [0.717, 1.165) is 48.9 Å². The van der Waals surface area contributed by atoms with Gasteiger partial charge < -0.3 is 10.8 Å². The standard InChI is InChI=1S/C15H22N2O.C10H14O/c1-5-6-7-15(17-4)12-9-13(11(3)18)14(16)8-10(12)2;1-3-8-5-6-10(11)7-9(8)4-2/h8-9H,5-7,16H2,1-4H3;5-7,11H,3-4H2,1-2H3. The molecule has 0 bridgehead atoms. The number of nitrogens with two attached hydrogens (primary N) is 1. The summed E-state index contributed by atoms with van der Waals surface area (Å²) in [6.07, 6.45) is 5.22. The number of nitrogens with zero attached hydrogens (tertiary/aromatic N) is 1. The number of aryl methyl sites for hydroxylation is 3. The van der Waals surface area contributed by atoms with Crippen LogP contribution in [0.15, 0.2) is 35.3 Å². The number of unbranched alkanes of at least 4 members (excludes halogenated alkanes) is 1. The highest BCUT2D eigenvalue weighted by molar-refractivity contribution is 6.06. The predicted molar refractivity (Wildman–Crippen MR) is 124 cm³/mol.